The number of hydrogen-bond acceptors (Lipinski definition) is 0. The van der Waals surface area contributed by atoms with Crippen molar-refractivity contribution in [3.8, 4) is 0 Å². The summed E-state index contributed by atoms with van der Waals surface area (Å²) in [7, 11) is 0. The Morgan fingerprint density at radius 1 is 0.933 bits per heavy atom. The lowest BCUT2D eigenvalue weighted by atomic mass is 9.72. The van der Waals surface area contributed by atoms with Crippen molar-refractivity contribution >= 4 is 0 Å². The normalized spacial score (nSPS) is 24.0. The maximum absolute atomic E-state index is 2.39. The van der Waals surface area contributed by atoms with Crippen LogP contribution in [0.2, 0.25) is 0 Å². The summed E-state index contributed by atoms with van der Waals surface area (Å²) in [6.07, 6.45) is 7.37. The summed E-state index contributed by atoms with van der Waals surface area (Å²) < 4.78 is 0. The van der Waals surface area contributed by atoms with E-state index in [2.05, 4.69) is 20.8 Å². The van der Waals surface area contributed by atoms with Gasteiger partial charge in [0.1, 0.15) is 0 Å². The highest BCUT2D eigenvalue weighted by atomic mass is 14.3. The summed E-state index contributed by atoms with van der Waals surface area (Å²) in [6.45, 7) is 7.13. The van der Waals surface area contributed by atoms with E-state index in [1.54, 1.807) is 0 Å². The number of rotatable bonds is 2. The first-order valence-electron chi connectivity index (χ1n) is 5.25. The van der Waals surface area contributed by atoms with Gasteiger partial charge in [0.15, 0.2) is 0 Å². The Kier molecular flexibility index (Phi) is 19.6. The van der Waals surface area contributed by atoms with Crippen molar-refractivity contribution in [3.05, 3.63) is 0 Å². The van der Waals surface area contributed by atoms with Gasteiger partial charge in [-0.3, -0.25) is 0 Å². The minimum atomic E-state index is 0. The van der Waals surface area contributed by atoms with E-state index in [-0.39, 0.29) is 29.7 Å². The molecule has 0 aromatic heterocycles. The van der Waals surface area contributed by atoms with Gasteiger partial charge in [-0.05, 0) is 24.2 Å². The van der Waals surface area contributed by atoms with Gasteiger partial charge in [0, 0.05) is 0 Å². The first kappa shape index (κ1) is 24.3. The summed E-state index contributed by atoms with van der Waals surface area (Å²) in [5, 5.41) is 0. The highest BCUT2D eigenvalue weighted by Gasteiger charge is 2.25. The Morgan fingerprint density at radius 2 is 1.40 bits per heavy atom. The third kappa shape index (κ3) is 6.98. The van der Waals surface area contributed by atoms with Crippen molar-refractivity contribution in [2.45, 2.75) is 82.6 Å². The molecule has 0 spiro atoms. The monoisotopic (exact) mass is 218 g/mol. The van der Waals surface area contributed by atoms with Crippen LogP contribution >= 0.6 is 0 Å². The van der Waals surface area contributed by atoms with E-state index in [1.807, 2.05) is 0 Å². The van der Waals surface area contributed by atoms with Crippen LogP contribution in [0.4, 0.5) is 0 Å². The SMILES string of the molecule is C.C.C.C.CCC1CCCCC1C(C)C. The quantitative estimate of drug-likeness (QED) is 0.503. The lowest BCUT2D eigenvalue weighted by Crippen LogP contribution is -2.23. The van der Waals surface area contributed by atoms with Crippen LogP contribution in [-0.2, 0) is 0 Å². The molecule has 0 N–H and O–H groups in total. The molecule has 1 aliphatic rings. The van der Waals surface area contributed by atoms with Gasteiger partial charge in [0.2, 0.25) is 0 Å². The molecule has 98 valence electrons. The average Bonchev–Trinajstić information content (AvgIpc) is 2.04. The molecule has 0 aromatic carbocycles. The van der Waals surface area contributed by atoms with Crippen LogP contribution in [-0.4, -0.2) is 0 Å². The topological polar surface area (TPSA) is 0 Å². The lowest BCUT2D eigenvalue weighted by Gasteiger charge is -2.33. The summed E-state index contributed by atoms with van der Waals surface area (Å²) in [6, 6.07) is 0. The summed E-state index contributed by atoms with van der Waals surface area (Å²) in [5.41, 5.74) is 0. The van der Waals surface area contributed by atoms with Crippen LogP contribution in [0.5, 0.6) is 0 Å². The molecule has 0 radical (unpaired) electrons. The lowest BCUT2D eigenvalue weighted by molar-refractivity contribution is 0.175. The molecule has 0 amide bonds. The molecule has 2 atom stereocenters. The Hall–Kier alpha value is 0. The average molecular weight is 218 g/mol. The van der Waals surface area contributed by atoms with E-state index in [4.69, 9.17) is 0 Å². The predicted molar refractivity (Wildman–Crippen MR) is 77.5 cm³/mol. The molecule has 0 heterocycles. The summed E-state index contributed by atoms with van der Waals surface area (Å²) >= 11 is 0. The molecule has 2 unspecified atom stereocenters. The third-order valence-corrected chi connectivity index (χ3v) is 3.35. The Labute approximate surface area is 101 Å². The fraction of sp³-hybridized carbons (Fsp3) is 1.00. The zero-order valence-corrected chi connectivity index (χ0v) is 8.27. The van der Waals surface area contributed by atoms with Crippen molar-refractivity contribution in [1.29, 1.82) is 0 Å². The standard InChI is InChI=1S/C11H22.4CH4/c1-4-10-7-5-6-8-11(10)9(2)3;;;;/h9-11H,4-8H2,1-3H3;4*1H4. The van der Waals surface area contributed by atoms with Crippen molar-refractivity contribution in [3.63, 3.8) is 0 Å². The molecule has 0 saturated heterocycles. The highest BCUT2D eigenvalue weighted by Crippen LogP contribution is 2.36. The molecule has 0 nitrogen and oxygen atoms in total. The predicted octanol–water partition coefficient (Wildman–Crippen LogP) is 6.40. The summed E-state index contributed by atoms with van der Waals surface area (Å²) in [4.78, 5) is 0. The molecule has 0 heteroatoms. The Morgan fingerprint density at radius 3 is 1.73 bits per heavy atom. The van der Waals surface area contributed by atoms with Crippen LogP contribution in [0.3, 0.4) is 0 Å². The van der Waals surface area contributed by atoms with E-state index in [9.17, 15) is 0 Å². The molecule has 1 aliphatic carbocycles. The van der Waals surface area contributed by atoms with Gasteiger partial charge in [-0.2, -0.15) is 0 Å². The van der Waals surface area contributed by atoms with Crippen LogP contribution < -0.4 is 0 Å². The molecular formula is C15H38. The van der Waals surface area contributed by atoms with Crippen LogP contribution in [0.25, 0.3) is 0 Å². The zero-order chi connectivity index (χ0) is 8.27. The zero-order valence-electron chi connectivity index (χ0n) is 8.27. The second kappa shape index (κ2) is 12.1. The molecule has 1 rings (SSSR count). The molecule has 1 saturated carbocycles. The van der Waals surface area contributed by atoms with E-state index < -0.39 is 0 Å². The number of hydrogen-bond donors (Lipinski definition) is 0. The molecule has 0 bridgehead atoms. The van der Waals surface area contributed by atoms with Gasteiger partial charge in [-0.25, -0.2) is 0 Å². The van der Waals surface area contributed by atoms with Crippen molar-refractivity contribution in [2.24, 2.45) is 17.8 Å². The van der Waals surface area contributed by atoms with Gasteiger partial charge in [0.25, 0.3) is 0 Å². The second-order valence-electron chi connectivity index (χ2n) is 4.36. The van der Waals surface area contributed by atoms with Crippen molar-refractivity contribution in [2.75, 3.05) is 0 Å². The van der Waals surface area contributed by atoms with E-state index in [1.165, 1.54) is 32.1 Å². The minimum Gasteiger partial charge on any atom is -0.0776 e. The maximum atomic E-state index is 2.39. The van der Waals surface area contributed by atoms with Gasteiger partial charge in [0.05, 0.1) is 0 Å². The molecule has 0 aromatic rings. The van der Waals surface area contributed by atoms with Gasteiger partial charge in [-0.15, -0.1) is 0 Å². The molecule has 0 aliphatic heterocycles. The first-order chi connectivity index (χ1) is 5.25. The van der Waals surface area contributed by atoms with E-state index in [0.717, 1.165) is 17.8 Å². The molecule has 15 heavy (non-hydrogen) atoms. The van der Waals surface area contributed by atoms with Crippen molar-refractivity contribution in [1.82, 2.24) is 0 Å². The second-order valence-corrected chi connectivity index (χ2v) is 4.36. The van der Waals surface area contributed by atoms with Crippen LogP contribution in [0.1, 0.15) is 82.6 Å². The molecular weight excluding hydrogens is 180 g/mol. The molecule has 1 fully saturated rings. The smallest absolute Gasteiger partial charge is 0.0363 e. The van der Waals surface area contributed by atoms with Crippen molar-refractivity contribution < 1.29 is 0 Å². The maximum Gasteiger partial charge on any atom is -0.0363 e. The van der Waals surface area contributed by atoms with E-state index >= 15 is 0 Å². The van der Waals surface area contributed by atoms with Gasteiger partial charge in [-0.1, -0.05) is 76.2 Å². The van der Waals surface area contributed by atoms with E-state index in [0.29, 0.717) is 0 Å². The Bertz CT molecular complexity index is 105. The van der Waals surface area contributed by atoms with Crippen LogP contribution in [0.15, 0.2) is 0 Å². The highest BCUT2D eigenvalue weighted by molar-refractivity contribution is 4.76. The van der Waals surface area contributed by atoms with Crippen LogP contribution in [0, 0.1) is 17.8 Å². The Balaban J connectivity index is -0.000000151. The van der Waals surface area contributed by atoms with Gasteiger partial charge >= 0.3 is 0 Å². The fourth-order valence-electron chi connectivity index (χ4n) is 2.62. The third-order valence-electron chi connectivity index (χ3n) is 3.35. The minimum absolute atomic E-state index is 0. The van der Waals surface area contributed by atoms with Gasteiger partial charge < -0.3 is 0 Å². The first-order valence-corrected chi connectivity index (χ1v) is 5.25. The largest absolute Gasteiger partial charge is 0.0776 e. The summed E-state index contributed by atoms with van der Waals surface area (Å²) in [5.74, 6) is 3.00. The fourth-order valence-corrected chi connectivity index (χ4v) is 2.62.